The average molecular weight is 425 g/mol. The first kappa shape index (κ1) is 21.0. The zero-order valence-corrected chi connectivity index (χ0v) is 18.1. The van der Waals surface area contributed by atoms with Gasteiger partial charge >= 0.3 is 0 Å². The van der Waals surface area contributed by atoms with E-state index in [-0.39, 0.29) is 18.4 Å². The molecular weight excluding hydrogens is 396 g/mol. The summed E-state index contributed by atoms with van der Waals surface area (Å²) in [4.78, 5) is 31.7. The van der Waals surface area contributed by atoms with E-state index in [1.54, 1.807) is 19.5 Å². The fourth-order valence-corrected chi connectivity index (χ4v) is 4.12. The lowest BCUT2D eigenvalue weighted by Gasteiger charge is -2.31. The van der Waals surface area contributed by atoms with Crippen LogP contribution in [0.15, 0.2) is 24.5 Å². The smallest absolute Gasteiger partial charge is 0.227 e. The highest BCUT2D eigenvalue weighted by Gasteiger charge is 2.21. The zero-order valence-electron chi connectivity index (χ0n) is 18.1. The van der Waals surface area contributed by atoms with Crippen molar-refractivity contribution in [3.63, 3.8) is 0 Å². The maximum Gasteiger partial charge on any atom is 0.227 e. The van der Waals surface area contributed by atoms with Crippen molar-refractivity contribution in [2.24, 2.45) is 5.73 Å². The van der Waals surface area contributed by atoms with E-state index in [0.29, 0.717) is 23.7 Å². The SMILES string of the molecule is COC1CCN(c2nccc(Nc3cc4c(cn3)nc(C)n4C(C)CC(N)=O)n2)CC1. The van der Waals surface area contributed by atoms with Crippen LogP contribution in [-0.4, -0.2) is 56.7 Å². The standard InChI is InChI=1S/C21H28N8O2/c1-13(10-18(22)30)29-14(2)25-16-12-24-20(11-17(16)29)26-19-4-7-23-21(27-19)28-8-5-15(31-3)6-9-28/h4,7,11-13,15H,5-6,8-10H2,1-3H3,(H2,22,30)(H,23,24,26,27). The Morgan fingerprint density at radius 2 is 2.06 bits per heavy atom. The Balaban J connectivity index is 1.55. The van der Waals surface area contributed by atoms with E-state index < -0.39 is 0 Å². The van der Waals surface area contributed by atoms with E-state index in [0.717, 1.165) is 42.8 Å². The number of primary amides is 1. The first-order chi connectivity index (χ1) is 14.9. The molecule has 31 heavy (non-hydrogen) atoms. The van der Waals surface area contributed by atoms with Gasteiger partial charge in [0, 0.05) is 44.9 Å². The molecule has 0 aliphatic carbocycles. The quantitative estimate of drug-likeness (QED) is 0.592. The van der Waals surface area contributed by atoms with Crippen LogP contribution in [0.25, 0.3) is 11.0 Å². The predicted molar refractivity (Wildman–Crippen MR) is 118 cm³/mol. The van der Waals surface area contributed by atoms with Crippen molar-refractivity contribution >= 4 is 34.5 Å². The topological polar surface area (TPSA) is 124 Å². The second kappa shape index (κ2) is 8.84. The zero-order chi connectivity index (χ0) is 22.0. The maximum atomic E-state index is 11.4. The molecule has 1 unspecified atom stereocenters. The van der Waals surface area contributed by atoms with Crippen LogP contribution < -0.4 is 16.0 Å². The number of nitrogens with one attached hydrogen (secondary N) is 1. The Morgan fingerprint density at radius 1 is 1.29 bits per heavy atom. The molecule has 0 radical (unpaired) electrons. The molecule has 10 heteroatoms. The van der Waals surface area contributed by atoms with Crippen LogP contribution in [0, 0.1) is 6.92 Å². The molecule has 1 aliphatic rings. The molecule has 0 aromatic carbocycles. The molecule has 0 spiro atoms. The lowest BCUT2D eigenvalue weighted by atomic mass is 10.1. The molecular formula is C21H28N8O2. The second-order valence-corrected chi connectivity index (χ2v) is 7.90. The first-order valence-electron chi connectivity index (χ1n) is 10.4. The molecule has 3 aromatic heterocycles. The molecule has 4 rings (SSSR count). The summed E-state index contributed by atoms with van der Waals surface area (Å²) in [6.07, 6.45) is 5.93. The number of pyridine rings is 1. The molecule has 164 valence electrons. The van der Waals surface area contributed by atoms with Crippen LogP contribution in [0.2, 0.25) is 0 Å². The number of methoxy groups -OCH3 is 1. The van der Waals surface area contributed by atoms with E-state index in [4.69, 9.17) is 10.5 Å². The second-order valence-electron chi connectivity index (χ2n) is 7.90. The van der Waals surface area contributed by atoms with Crippen LogP contribution >= 0.6 is 0 Å². The van der Waals surface area contributed by atoms with E-state index in [9.17, 15) is 4.79 Å². The van der Waals surface area contributed by atoms with Crippen LogP contribution in [-0.2, 0) is 9.53 Å². The van der Waals surface area contributed by atoms with Crippen molar-refractivity contribution < 1.29 is 9.53 Å². The monoisotopic (exact) mass is 424 g/mol. The minimum Gasteiger partial charge on any atom is -0.381 e. The van der Waals surface area contributed by atoms with Gasteiger partial charge in [0.25, 0.3) is 0 Å². The molecule has 0 saturated carbocycles. The molecule has 1 atom stereocenters. The number of ether oxygens (including phenoxy) is 1. The fourth-order valence-electron chi connectivity index (χ4n) is 4.12. The molecule has 1 saturated heterocycles. The van der Waals surface area contributed by atoms with E-state index in [2.05, 4.69) is 30.2 Å². The van der Waals surface area contributed by atoms with Gasteiger partial charge in [-0.05, 0) is 32.8 Å². The van der Waals surface area contributed by atoms with Crippen LogP contribution in [0.4, 0.5) is 17.6 Å². The number of nitrogens with zero attached hydrogens (tertiary/aromatic N) is 6. The number of anilines is 3. The number of carbonyl (C=O) groups is 1. The Morgan fingerprint density at radius 3 is 2.77 bits per heavy atom. The van der Waals surface area contributed by atoms with Crippen molar-refractivity contribution in [2.45, 2.75) is 45.3 Å². The number of rotatable bonds is 7. The minimum atomic E-state index is -0.343. The number of amides is 1. The van der Waals surface area contributed by atoms with Crippen molar-refractivity contribution in [1.29, 1.82) is 0 Å². The number of hydrogen-bond acceptors (Lipinski definition) is 8. The fraction of sp³-hybridized carbons (Fsp3) is 0.476. The highest BCUT2D eigenvalue weighted by molar-refractivity contribution is 5.80. The van der Waals surface area contributed by atoms with Gasteiger partial charge in [0.2, 0.25) is 11.9 Å². The minimum absolute atomic E-state index is 0.0987. The molecule has 3 N–H and O–H groups in total. The van der Waals surface area contributed by atoms with Crippen LogP contribution in [0.1, 0.15) is 38.1 Å². The van der Waals surface area contributed by atoms with Gasteiger partial charge in [-0.15, -0.1) is 0 Å². The Kier molecular flexibility index (Phi) is 5.99. The normalized spacial score (nSPS) is 15.9. The van der Waals surface area contributed by atoms with E-state index in [1.165, 1.54) is 0 Å². The number of piperidine rings is 1. The average Bonchev–Trinajstić information content (AvgIpc) is 3.08. The molecule has 4 heterocycles. The summed E-state index contributed by atoms with van der Waals surface area (Å²) in [5, 5.41) is 3.27. The molecule has 0 bridgehead atoms. The van der Waals surface area contributed by atoms with Crippen molar-refractivity contribution in [1.82, 2.24) is 24.5 Å². The molecule has 1 fully saturated rings. The number of aryl methyl sites for hydroxylation is 1. The summed E-state index contributed by atoms with van der Waals surface area (Å²) in [5.41, 5.74) is 7.05. The van der Waals surface area contributed by atoms with Crippen molar-refractivity contribution in [2.75, 3.05) is 30.4 Å². The van der Waals surface area contributed by atoms with Gasteiger partial charge in [-0.25, -0.2) is 15.0 Å². The summed E-state index contributed by atoms with van der Waals surface area (Å²) >= 11 is 0. The highest BCUT2D eigenvalue weighted by Crippen LogP contribution is 2.26. The van der Waals surface area contributed by atoms with Gasteiger partial charge in [0.05, 0.1) is 17.8 Å². The molecule has 1 amide bonds. The molecule has 1 aliphatic heterocycles. The van der Waals surface area contributed by atoms with Crippen LogP contribution in [0.5, 0.6) is 0 Å². The van der Waals surface area contributed by atoms with Crippen molar-refractivity contribution in [3.8, 4) is 0 Å². The third-order valence-electron chi connectivity index (χ3n) is 5.65. The highest BCUT2D eigenvalue weighted by atomic mass is 16.5. The first-order valence-corrected chi connectivity index (χ1v) is 10.4. The van der Waals surface area contributed by atoms with Gasteiger partial charge in [-0.2, -0.15) is 4.98 Å². The van der Waals surface area contributed by atoms with Crippen LogP contribution in [0.3, 0.4) is 0 Å². The number of carbonyl (C=O) groups excluding carboxylic acids is 1. The lowest BCUT2D eigenvalue weighted by Crippen LogP contribution is -2.37. The Labute approximate surface area is 180 Å². The number of fused-ring (bicyclic) bond motifs is 1. The van der Waals surface area contributed by atoms with Gasteiger partial charge < -0.3 is 25.3 Å². The molecule has 3 aromatic rings. The Hall–Kier alpha value is -3.27. The maximum absolute atomic E-state index is 11.4. The largest absolute Gasteiger partial charge is 0.381 e. The third-order valence-corrected chi connectivity index (χ3v) is 5.65. The Bertz CT molecular complexity index is 1070. The number of hydrogen-bond donors (Lipinski definition) is 2. The summed E-state index contributed by atoms with van der Waals surface area (Å²) < 4.78 is 7.45. The number of aromatic nitrogens is 5. The summed E-state index contributed by atoms with van der Waals surface area (Å²) in [7, 11) is 1.76. The molecule has 10 nitrogen and oxygen atoms in total. The number of nitrogens with two attached hydrogens (primary N) is 1. The predicted octanol–water partition coefficient (Wildman–Crippen LogP) is 2.32. The third kappa shape index (κ3) is 4.58. The van der Waals surface area contributed by atoms with Gasteiger partial charge in [0.15, 0.2) is 0 Å². The lowest BCUT2D eigenvalue weighted by molar-refractivity contribution is -0.118. The number of imidazole rings is 1. The van der Waals surface area contributed by atoms with Crippen molar-refractivity contribution in [3.05, 3.63) is 30.4 Å². The van der Waals surface area contributed by atoms with E-state index >= 15 is 0 Å². The van der Waals surface area contributed by atoms with Gasteiger partial charge in [0.1, 0.15) is 23.0 Å². The van der Waals surface area contributed by atoms with Gasteiger partial charge in [-0.1, -0.05) is 0 Å². The van der Waals surface area contributed by atoms with Gasteiger partial charge in [-0.3, -0.25) is 4.79 Å². The summed E-state index contributed by atoms with van der Waals surface area (Å²) in [6.45, 7) is 5.59. The summed E-state index contributed by atoms with van der Waals surface area (Å²) in [6, 6.07) is 3.63. The van der Waals surface area contributed by atoms with E-state index in [1.807, 2.05) is 30.5 Å². The summed E-state index contributed by atoms with van der Waals surface area (Å²) in [5.74, 6) is 2.47.